The van der Waals surface area contributed by atoms with Crippen LogP contribution in [-0.2, 0) is 9.84 Å². The van der Waals surface area contributed by atoms with E-state index in [1.54, 1.807) is 59.5 Å². The lowest BCUT2D eigenvalue weighted by Gasteiger charge is -2.26. The third kappa shape index (κ3) is 2.99. The Balaban J connectivity index is 1.55. The van der Waals surface area contributed by atoms with E-state index in [4.69, 9.17) is 0 Å². The maximum Gasteiger partial charge on any atom is 0.251 e. The van der Waals surface area contributed by atoms with Crippen molar-refractivity contribution < 1.29 is 13.2 Å². The molecule has 0 aliphatic carbocycles. The quantitative estimate of drug-likeness (QED) is 0.762. The fraction of sp³-hybridized carbons (Fsp3) is 0.167. The van der Waals surface area contributed by atoms with Crippen molar-refractivity contribution in [1.29, 1.82) is 0 Å². The molecule has 1 aromatic heterocycles. The van der Waals surface area contributed by atoms with Crippen molar-refractivity contribution in [2.24, 2.45) is 0 Å². The second kappa shape index (κ2) is 6.38. The Morgan fingerprint density at radius 3 is 2.62 bits per heavy atom. The van der Waals surface area contributed by atoms with E-state index >= 15 is 0 Å². The smallest absolute Gasteiger partial charge is 0.251 e. The van der Waals surface area contributed by atoms with Crippen molar-refractivity contribution in [3.63, 3.8) is 0 Å². The van der Waals surface area contributed by atoms with Gasteiger partial charge in [-0.05, 0) is 42.3 Å². The summed E-state index contributed by atoms with van der Waals surface area (Å²) in [6, 6.07) is 13.5. The number of benzene rings is 2. The van der Waals surface area contributed by atoms with Crippen LogP contribution in [0.2, 0.25) is 0 Å². The summed E-state index contributed by atoms with van der Waals surface area (Å²) in [5.41, 5.74) is 1.94. The Kier molecular flexibility index (Phi) is 4.04. The van der Waals surface area contributed by atoms with Crippen LogP contribution in [0.1, 0.15) is 28.4 Å². The number of fused-ring (bicyclic) bond motifs is 1. The van der Waals surface area contributed by atoms with Gasteiger partial charge in [0.05, 0.1) is 22.4 Å². The van der Waals surface area contributed by atoms with E-state index in [0.29, 0.717) is 22.4 Å². The third-order valence-electron chi connectivity index (χ3n) is 4.42. The topological polar surface area (TPSA) is 94.0 Å². The first kappa shape index (κ1) is 16.5. The minimum absolute atomic E-state index is 0.0280. The number of hydrogen-bond acceptors (Lipinski definition) is 5. The van der Waals surface area contributed by atoms with Crippen molar-refractivity contribution in [3.05, 3.63) is 72.3 Å². The molecule has 0 bridgehead atoms. The first-order valence-corrected chi connectivity index (χ1v) is 9.77. The fourth-order valence-corrected chi connectivity index (χ4v) is 4.71. The summed E-state index contributed by atoms with van der Waals surface area (Å²) >= 11 is 0. The number of carbonyl (C=O) groups excluding carboxylic acids is 1. The highest BCUT2D eigenvalue weighted by Crippen LogP contribution is 2.32. The molecule has 1 N–H and O–H groups in total. The van der Waals surface area contributed by atoms with Crippen molar-refractivity contribution >= 4 is 15.7 Å². The molecule has 7 nitrogen and oxygen atoms in total. The summed E-state index contributed by atoms with van der Waals surface area (Å²) in [5, 5.41) is 6.99. The Bertz CT molecular complexity index is 1040. The van der Waals surface area contributed by atoms with Gasteiger partial charge in [-0.1, -0.05) is 18.2 Å². The molecule has 2 heterocycles. The van der Waals surface area contributed by atoms with Gasteiger partial charge in [0.1, 0.15) is 12.7 Å². The van der Waals surface area contributed by atoms with Crippen LogP contribution in [-0.4, -0.2) is 34.8 Å². The first-order chi connectivity index (χ1) is 12.5. The molecule has 0 saturated carbocycles. The van der Waals surface area contributed by atoms with Crippen LogP contribution in [0.5, 0.6) is 0 Å². The zero-order valence-corrected chi connectivity index (χ0v) is 14.6. The second-order valence-electron chi connectivity index (χ2n) is 6.06. The highest BCUT2D eigenvalue weighted by molar-refractivity contribution is 7.91. The number of nitrogens with one attached hydrogen (secondary N) is 1. The highest BCUT2D eigenvalue weighted by atomic mass is 32.2. The number of rotatable bonds is 3. The van der Waals surface area contributed by atoms with Crippen LogP contribution in [0, 0.1) is 0 Å². The lowest BCUT2D eigenvalue weighted by atomic mass is 10.0. The third-order valence-corrected chi connectivity index (χ3v) is 6.24. The standard InChI is InChI=1S/C18H16N4O3S/c23-18(13-5-7-14(8-6-13)22-12-19-11-20-22)21-16-9-10-26(24,25)17-4-2-1-3-15(16)17/h1-8,11-12,16H,9-10H2,(H,21,23)/t16-/m1/s1. The molecule has 132 valence electrons. The molecule has 0 fully saturated rings. The molecular weight excluding hydrogens is 352 g/mol. The van der Waals surface area contributed by atoms with Crippen LogP contribution in [0.25, 0.3) is 5.69 Å². The summed E-state index contributed by atoms with van der Waals surface area (Å²) in [4.78, 5) is 16.8. The molecule has 2 aromatic carbocycles. The van der Waals surface area contributed by atoms with Crippen LogP contribution in [0.15, 0.2) is 66.1 Å². The van der Waals surface area contributed by atoms with Gasteiger partial charge in [0.2, 0.25) is 0 Å². The Morgan fingerprint density at radius 1 is 1.12 bits per heavy atom. The predicted molar refractivity (Wildman–Crippen MR) is 94.7 cm³/mol. The molecule has 4 rings (SSSR count). The molecule has 3 aromatic rings. The predicted octanol–water partition coefficient (Wildman–Crippen LogP) is 1.92. The second-order valence-corrected chi connectivity index (χ2v) is 8.14. The molecule has 0 unspecified atom stereocenters. The van der Waals surface area contributed by atoms with Gasteiger partial charge < -0.3 is 5.32 Å². The zero-order chi connectivity index (χ0) is 18.1. The lowest BCUT2D eigenvalue weighted by Crippen LogP contribution is -2.33. The van der Waals surface area contributed by atoms with E-state index in [1.165, 1.54) is 6.33 Å². The fourth-order valence-electron chi connectivity index (χ4n) is 3.09. The van der Waals surface area contributed by atoms with Crippen molar-refractivity contribution in [1.82, 2.24) is 20.1 Å². The summed E-state index contributed by atoms with van der Waals surface area (Å²) in [6.45, 7) is 0. The molecule has 0 radical (unpaired) electrons. The van der Waals surface area contributed by atoms with Gasteiger partial charge in [0.15, 0.2) is 9.84 Å². The molecule has 1 aliphatic heterocycles. The van der Waals surface area contributed by atoms with Gasteiger partial charge in [0.25, 0.3) is 5.91 Å². The average molecular weight is 368 g/mol. The number of nitrogens with zero attached hydrogens (tertiary/aromatic N) is 3. The normalized spacial score (nSPS) is 18.1. The number of amides is 1. The monoisotopic (exact) mass is 368 g/mol. The van der Waals surface area contributed by atoms with Crippen LogP contribution in [0.3, 0.4) is 0 Å². The number of hydrogen-bond donors (Lipinski definition) is 1. The Labute approximate surface area is 150 Å². The number of carbonyl (C=O) groups is 1. The summed E-state index contributed by atoms with van der Waals surface area (Å²) in [6.07, 6.45) is 3.38. The number of sulfone groups is 1. The first-order valence-electron chi connectivity index (χ1n) is 8.12. The summed E-state index contributed by atoms with van der Waals surface area (Å²) in [5.74, 6) is -0.213. The van der Waals surface area contributed by atoms with Gasteiger partial charge in [0, 0.05) is 5.56 Å². The zero-order valence-electron chi connectivity index (χ0n) is 13.7. The van der Waals surface area contributed by atoms with Crippen LogP contribution in [0.4, 0.5) is 0 Å². The van der Waals surface area contributed by atoms with Gasteiger partial charge in [-0.15, -0.1) is 0 Å². The lowest BCUT2D eigenvalue weighted by molar-refractivity contribution is 0.0934. The van der Waals surface area contributed by atoms with E-state index in [2.05, 4.69) is 15.4 Å². The molecule has 1 amide bonds. The average Bonchev–Trinajstić information content (AvgIpc) is 3.19. The minimum atomic E-state index is -3.27. The van der Waals surface area contributed by atoms with Gasteiger partial charge in [-0.25, -0.2) is 18.1 Å². The van der Waals surface area contributed by atoms with Gasteiger partial charge >= 0.3 is 0 Å². The molecule has 0 spiro atoms. The molecule has 0 saturated heterocycles. The molecular formula is C18H16N4O3S. The van der Waals surface area contributed by atoms with E-state index < -0.39 is 9.84 Å². The largest absolute Gasteiger partial charge is 0.345 e. The SMILES string of the molecule is O=C(N[C@@H]1CCS(=O)(=O)c2ccccc21)c1ccc(-n2cncn2)cc1. The summed E-state index contributed by atoms with van der Waals surface area (Å²) in [7, 11) is -3.27. The van der Waals surface area contributed by atoms with Crippen molar-refractivity contribution in [2.45, 2.75) is 17.4 Å². The molecule has 1 aliphatic rings. The van der Waals surface area contributed by atoms with E-state index in [1.807, 2.05) is 0 Å². The maximum atomic E-state index is 12.6. The Hall–Kier alpha value is -3.00. The molecule has 1 atom stereocenters. The van der Waals surface area contributed by atoms with Crippen molar-refractivity contribution in [3.8, 4) is 5.69 Å². The summed E-state index contributed by atoms with van der Waals surface area (Å²) < 4.78 is 26.0. The van der Waals surface area contributed by atoms with E-state index in [-0.39, 0.29) is 17.7 Å². The van der Waals surface area contributed by atoms with E-state index in [0.717, 1.165) is 5.69 Å². The molecule has 26 heavy (non-hydrogen) atoms. The van der Waals surface area contributed by atoms with Gasteiger partial charge in [-0.3, -0.25) is 4.79 Å². The number of aromatic nitrogens is 3. The highest BCUT2D eigenvalue weighted by Gasteiger charge is 2.30. The van der Waals surface area contributed by atoms with Gasteiger partial charge in [-0.2, -0.15) is 5.10 Å². The Morgan fingerprint density at radius 2 is 1.88 bits per heavy atom. The molecule has 8 heteroatoms. The minimum Gasteiger partial charge on any atom is -0.345 e. The van der Waals surface area contributed by atoms with Crippen molar-refractivity contribution in [2.75, 3.05) is 5.75 Å². The van der Waals surface area contributed by atoms with E-state index in [9.17, 15) is 13.2 Å². The van der Waals surface area contributed by atoms with Crippen LogP contribution >= 0.6 is 0 Å². The van der Waals surface area contributed by atoms with Crippen LogP contribution < -0.4 is 5.32 Å². The maximum absolute atomic E-state index is 12.6.